The maximum atomic E-state index is 12.9. The molecule has 2 aliphatic heterocycles. The van der Waals surface area contributed by atoms with E-state index in [9.17, 15) is 9.59 Å². The number of hydrogen-bond donors (Lipinski definition) is 0. The van der Waals surface area contributed by atoms with Gasteiger partial charge in [0, 0.05) is 56.2 Å². The molecule has 0 bridgehead atoms. The maximum absolute atomic E-state index is 12.9. The average molecular weight is 973 g/mol. The Bertz CT molecular complexity index is 2470. The predicted octanol–water partition coefficient (Wildman–Crippen LogP) is 7.47. The van der Waals surface area contributed by atoms with Crippen LogP contribution in [-0.4, -0.2) is 145 Å². The van der Waals surface area contributed by atoms with Crippen LogP contribution in [0.2, 0.25) is 0 Å². The molecule has 0 amide bonds. The molecule has 0 radical (unpaired) electrons. The van der Waals surface area contributed by atoms with Gasteiger partial charge in [-0.2, -0.15) is 0 Å². The molecular weight excluding hydrogens is 901 g/mol. The normalized spacial score (nSPS) is 19.3. The Kier molecular flexibility index (Phi) is 18.0. The first-order valence-electron chi connectivity index (χ1n) is 23.5. The number of esters is 2. The first kappa shape index (κ1) is 52.8. The van der Waals surface area contributed by atoms with Crippen molar-refractivity contribution >= 4 is 11.9 Å². The molecule has 2 aliphatic rings. The molecule has 16 heteroatoms. The molecule has 1 unspecified atom stereocenters. The average Bonchev–Trinajstić information content (AvgIpc) is 3.38. The highest BCUT2D eigenvalue weighted by Crippen LogP contribution is 2.51. The first-order chi connectivity index (χ1) is 33.8. The summed E-state index contributed by atoms with van der Waals surface area (Å²) in [5.41, 5.74) is 6.61. The second kappa shape index (κ2) is 23.9. The van der Waals surface area contributed by atoms with Crippen molar-refractivity contribution in [1.29, 1.82) is 0 Å². The molecule has 6 rings (SSSR count). The number of carbonyl (C=O) groups is 2. The van der Waals surface area contributed by atoms with E-state index in [1.807, 2.05) is 30.3 Å². The van der Waals surface area contributed by atoms with Gasteiger partial charge in [0.25, 0.3) is 0 Å². The smallest absolute Gasteiger partial charge is 0.331 e. The van der Waals surface area contributed by atoms with E-state index in [2.05, 4.69) is 32.3 Å². The van der Waals surface area contributed by atoms with E-state index in [1.54, 1.807) is 71.1 Å². The molecule has 0 saturated heterocycles. The van der Waals surface area contributed by atoms with Crippen LogP contribution in [0.3, 0.4) is 0 Å². The van der Waals surface area contributed by atoms with Gasteiger partial charge in [0.1, 0.15) is 12.1 Å². The van der Waals surface area contributed by atoms with Crippen molar-refractivity contribution in [2.45, 2.75) is 50.6 Å². The lowest BCUT2D eigenvalue weighted by atomic mass is 9.85. The minimum absolute atomic E-state index is 0.0605. The highest BCUT2D eigenvalue weighted by atomic mass is 16.6. The molecule has 0 N–H and O–H groups in total. The third-order valence-corrected chi connectivity index (χ3v) is 14.1. The Balaban J connectivity index is 1.08. The number of fused-ring (bicyclic) bond motifs is 2. The molecule has 4 atom stereocenters. The molecule has 0 aromatic heterocycles. The number of rotatable bonds is 24. The molecular formula is C54H72N2O14+2. The van der Waals surface area contributed by atoms with Crippen molar-refractivity contribution in [1.82, 2.24) is 0 Å². The van der Waals surface area contributed by atoms with Gasteiger partial charge in [-0.1, -0.05) is 6.07 Å². The Morgan fingerprint density at radius 1 is 0.486 bits per heavy atom. The summed E-state index contributed by atoms with van der Waals surface area (Å²) in [4.78, 5) is 25.8. The number of hydrogen-bond acceptors (Lipinski definition) is 14. The van der Waals surface area contributed by atoms with Crippen LogP contribution in [0.5, 0.6) is 57.5 Å². The molecule has 0 saturated carbocycles. The van der Waals surface area contributed by atoms with E-state index in [4.69, 9.17) is 56.8 Å². The summed E-state index contributed by atoms with van der Waals surface area (Å²) in [6.07, 6.45) is 6.36. The van der Waals surface area contributed by atoms with E-state index in [-0.39, 0.29) is 25.3 Å². The third kappa shape index (κ3) is 11.6. The van der Waals surface area contributed by atoms with Gasteiger partial charge in [-0.05, 0) is 64.7 Å². The third-order valence-electron chi connectivity index (χ3n) is 14.1. The summed E-state index contributed by atoms with van der Waals surface area (Å²) in [6.45, 7) is 3.43. The van der Waals surface area contributed by atoms with Crippen molar-refractivity contribution in [3.8, 4) is 57.5 Å². The summed E-state index contributed by atoms with van der Waals surface area (Å²) < 4.78 is 69.8. The van der Waals surface area contributed by atoms with Gasteiger partial charge in [0.2, 0.25) is 11.5 Å². The van der Waals surface area contributed by atoms with Crippen LogP contribution < -0.4 is 47.4 Å². The van der Waals surface area contributed by atoms with Crippen molar-refractivity contribution in [2.24, 2.45) is 0 Å². The second-order valence-corrected chi connectivity index (χ2v) is 18.0. The fourth-order valence-corrected chi connectivity index (χ4v) is 10.3. The molecule has 4 aromatic carbocycles. The molecule has 0 aliphatic carbocycles. The molecule has 2 heterocycles. The monoisotopic (exact) mass is 972 g/mol. The molecule has 0 fully saturated rings. The summed E-state index contributed by atoms with van der Waals surface area (Å²) in [5, 5.41) is 0. The number of ether oxygens (including phenoxy) is 12. The Morgan fingerprint density at radius 3 is 1.46 bits per heavy atom. The minimum Gasteiger partial charge on any atom is -0.493 e. The van der Waals surface area contributed by atoms with Crippen LogP contribution in [0, 0.1) is 0 Å². The van der Waals surface area contributed by atoms with Crippen LogP contribution in [0.1, 0.15) is 58.3 Å². The van der Waals surface area contributed by atoms with Crippen LogP contribution in [0.15, 0.2) is 60.7 Å². The number of methoxy groups -OCH3 is 10. The summed E-state index contributed by atoms with van der Waals surface area (Å²) >= 11 is 0. The highest BCUT2D eigenvalue weighted by molar-refractivity contribution is 5.91. The van der Waals surface area contributed by atoms with E-state index >= 15 is 0 Å². The van der Waals surface area contributed by atoms with Gasteiger partial charge < -0.3 is 65.8 Å². The Labute approximate surface area is 412 Å². The molecule has 70 heavy (non-hydrogen) atoms. The fourth-order valence-electron chi connectivity index (χ4n) is 10.3. The van der Waals surface area contributed by atoms with Gasteiger partial charge in [-0.25, -0.2) is 9.59 Å². The van der Waals surface area contributed by atoms with Crippen LogP contribution in [0.25, 0.3) is 0 Å². The van der Waals surface area contributed by atoms with E-state index in [0.29, 0.717) is 92.3 Å². The maximum Gasteiger partial charge on any atom is 0.331 e. The number of nitrogens with zero attached hydrogens (tertiary/aromatic N) is 2. The van der Waals surface area contributed by atoms with E-state index < -0.39 is 11.9 Å². The van der Waals surface area contributed by atoms with Crippen molar-refractivity contribution in [3.05, 3.63) is 94.1 Å². The standard InChI is InChI=1S/C54H72N2O14/c1-55(23-19-37-32-44(61-5)45(62-6)34-39(37)40(55)27-35-15-16-42(59-3)43(29-35)60-4)21-13-25-69-49(57)17-18-50(58)70-26-14-22-56(2)24-20-38-33-48(65-9)53(67-11)54(68-12)51(38)41(56)28-36-30-46(63-7)52(66-10)47(31-36)64-8/h15-18,29-34,40-41H,13-14,19-28H2,1-12H3/q+2/t40-,41-,55?,56-/m1/s1. The highest BCUT2D eigenvalue weighted by Gasteiger charge is 2.43. The van der Waals surface area contributed by atoms with Crippen LogP contribution in [0.4, 0.5) is 0 Å². The van der Waals surface area contributed by atoms with Gasteiger partial charge in [0.15, 0.2) is 46.0 Å². The second-order valence-electron chi connectivity index (χ2n) is 18.0. The fraction of sp³-hybridized carbons (Fsp3) is 0.481. The summed E-state index contributed by atoms with van der Waals surface area (Å²) in [6, 6.07) is 16.1. The number of carbonyl (C=O) groups excluding carboxylic acids is 2. The zero-order chi connectivity index (χ0) is 50.6. The predicted molar refractivity (Wildman–Crippen MR) is 264 cm³/mol. The topological polar surface area (TPSA) is 145 Å². The lowest BCUT2D eigenvalue weighted by Gasteiger charge is -2.46. The zero-order valence-electron chi connectivity index (χ0n) is 43.0. The summed E-state index contributed by atoms with van der Waals surface area (Å²) in [7, 11) is 20.7. The minimum atomic E-state index is -0.619. The van der Waals surface area contributed by atoms with Crippen molar-refractivity contribution < 1.29 is 75.4 Å². The van der Waals surface area contributed by atoms with Gasteiger partial charge in [-0.15, -0.1) is 0 Å². The summed E-state index contributed by atoms with van der Waals surface area (Å²) in [5.74, 6) is 4.87. The molecule has 16 nitrogen and oxygen atoms in total. The number of quaternary nitrogens is 2. The lowest BCUT2D eigenvalue weighted by molar-refractivity contribution is -0.941. The zero-order valence-corrected chi connectivity index (χ0v) is 43.0. The van der Waals surface area contributed by atoms with E-state index in [0.717, 1.165) is 73.3 Å². The Hall–Kier alpha value is -6.52. The van der Waals surface area contributed by atoms with Crippen LogP contribution >= 0.6 is 0 Å². The van der Waals surface area contributed by atoms with Gasteiger partial charge in [0.05, 0.1) is 130 Å². The van der Waals surface area contributed by atoms with Crippen molar-refractivity contribution in [3.63, 3.8) is 0 Å². The van der Waals surface area contributed by atoms with E-state index in [1.165, 1.54) is 11.1 Å². The van der Waals surface area contributed by atoms with Crippen LogP contribution in [-0.2, 0) is 44.7 Å². The molecule has 380 valence electrons. The Morgan fingerprint density at radius 2 is 0.929 bits per heavy atom. The number of likely N-dealkylation sites (N-methyl/N-ethyl adjacent to an activating group) is 2. The number of benzene rings is 4. The quantitative estimate of drug-likeness (QED) is 0.0296. The largest absolute Gasteiger partial charge is 0.493 e. The van der Waals surface area contributed by atoms with Gasteiger partial charge >= 0.3 is 11.9 Å². The van der Waals surface area contributed by atoms with Gasteiger partial charge in [-0.3, -0.25) is 0 Å². The lowest BCUT2D eigenvalue weighted by Crippen LogP contribution is -2.52. The first-order valence-corrected chi connectivity index (χ1v) is 23.5. The van der Waals surface area contributed by atoms with Crippen molar-refractivity contribution in [2.75, 3.05) is 125 Å². The molecule has 4 aromatic rings. The SMILES string of the molecule is COc1ccc(C[C@@H]2c3cc(OC)c(OC)cc3CC[N+]2(C)CCCOC(=O)C=CC(=O)OCCC[N@+]2(C)CCc3cc(OC)c(OC)c(OC)c3[C@H]2Cc2cc(OC)c(OC)c(OC)c2)cc1OC. The molecule has 0 spiro atoms.